The number of aromatic nitrogens is 2. The van der Waals surface area contributed by atoms with Gasteiger partial charge in [0.2, 0.25) is 10.1 Å². The van der Waals surface area contributed by atoms with Gasteiger partial charge in [-0.1, -0.05) is 34.2 Å². The third kappa shape index (κ3) is 3.55. The fourth-order valence-electron chi connectivity index (χ4n) is 1.69. The van der Waals surface area contributed by atoms with Gasteiger partial charge in [0.15, 0.2) is 0 Å². The van der Waals surface area contributed by atoms with E-state index in [-0.39, 0.29) is 5.91 Å². The van der Waals surface area contributed by atoms with E-state index in [0.29, 0.717) is 10.1 Å². The van der Waals surface area contributed by atoms with E-state index >= 15 is 0 Å². The van der Waals surface area contributed by atoms with Crippen molar-refractivity contribution in [3.8, 4) is 0 Å². The topological polar surface area (TPSA) is 66.9 Å². The van der Waals surface area contributed by atoms with Gasteiger partial charge in [0, 0.05) is 16.7 Å². The quantitative estimate of drug-likeness (QED) is 0.861. The molecule has 0 aliphatic heterocycles. The molecular formula is C13H15BrN4OS. The number of carbonyl (C=O) groups excluding carboxylic acids is 1. The number of hydrogen-bond acceptors (Lipinski definition) is 5. The molecule has 0 atom stereocenters. The van der Waals surface area contributed by atoms with Crippen LogP contribution in [0.4, 0.5) is 10.8 Å². The molecule has 1 amide bonds. The van der Waals surface area contributed by atoms with Crippen LogP contribution >= 0.6 is 27.3 Å². The van der Waals surface area contributed by atoms with E-state index in [2.05, 4.69) is 36.8 Å². The third-order valence-electron chi connectivity index (χ3n) is 2.64. The van der Waals surface area contributed by atoms with Crippen LogP contribution in [0.5, 0.6) is 0 Å². The molecular weight excluding hydrogens is 340 g/mol. The summed E-state index contributed by atoms with van der Waals surface area (Å²) in [6, 6.07) is 5.78. The first-order valence-electron chi connectivity index (χ1n) is 6.31. The molecule has 2 N–H and O–H groups in total. The predicted molar refractivity (Wildman–Crippen MR) is 85.5 cm³/mol. The Morgan fingerprint density at radius 1 is 1.35 bits per heavy atom. The van der Waals surface area contributed by atoms with Crippen molar-refractivity contribution in [1.82, 2.24) is 10.2 Å². The molecule has 106 valence electrons. The molecule has 20 heavy (non-hydrogen) atoms. The summed E-state index contributed by atoms with van der Waals surface area (Å²) in [4.78, 5) is 12.1. The molecule has 0 radical (unpaired) electrons. The fraction of sp³-hybridized carbons (Fsp3) is 0.308. The number of nitrogens with one attached hydrogen (secondary N) is 2. The van der Waals surface area contributed by atoms with E-state index < -0.39 is 0 Å². The Bertz CT molecular complexity index is 614. The number of nitrogens with zero attached hydrogens (tertiary/aromatic N) is 2. The minimum absolute atomic E-state index is 0.233. The Labute approximate surface area is 129 Å². The van der Waals surface area contributed by atoms with E-state index in [0.717, 1.165) is 28.7 Å². The summed E-state index contributed by atoms with van der Waals surface area (Å²) in [6.07, 6.45) is 0.841. The zero-order valence-electron chi connectivity index (χ0n) is 11.2. The summed E-state index contributed by atoms with van der Waals surface area (Å²) in [7, 11) is 0. The molecule has 2 rings (SSSR count). The van der Waals surface area contributed by atoms with Crippen molar-refractivity contribution in [2.24, 2.45) is 0 Å². The number of rotatable bonds is 5. The van der Waals surface area contributed by atoms with Crippen molar-refractivity contribution < 1.29 is 4.79 Å². The molecule has 0 bridgehead atoms. The van der Waals surface area contributed by atoms with Gasteiger partial charge in [0.25, 0.3) is 5.91 Å². The van der Waals surface area contributed by atoms with Crippen LogP contribution in [-0.4, -0.2) is 22.6 Å². The molecule has 5 nitrogen and oxygen atoms in total. The molecule has 0 spiro atoms. The van der Waals surface area contributed by atoms with Crippen molar-refractivity contribution in [2.45, 2.75) is 20.3 Å². The molecule has 7 heteroatoms. The Balaban J connectivity index is 2.14. The zero-order valence-corrected chi connectivity index (χ0v) is 13.6. The van der Waals surface area contributed by atoms with Crippen LogP contribution in [0.15, 0.2) is 22.7 Å². The molecule has 0 aliphatic carbocycles. The third-order valence-corrected chi connectivity index (χ3v) is 4.02. The highest BCUT2D eigenvalue weighted by atomic mass is 79.9. The molecule has 0 aliphatic rings. The van der Waals surface area contributed by atoms with E-state index in [1.165, 1.54) is 11.3 Å². The van der Waals surface area contributed by atoms with Gasteiger partial charge in [-0.25, -0.2) is 0 Å². The van der Waals surface area contributed by atoms with Gasteiger partial charge >= 0.3 is 0 Å². The summed E-state index contributed by atoms with van der Waals surface area (Å²) in [5.41, 5.74) is 1.88. The number of carbonyl (C=O) groups is 1. The maximum absolute atomic E-state index is 12.1. The molecule has 1 aromatic carbocycles. The number of amides is 1. The van der Waals surface area contributed by atoms with Crippen molar-refractivity contribution >= 4 is 44.0 Å². The normalized spacial score (nSPS) is 10.3. The lowest BCUT2D eigenvalue weighted by molar-refractivity contribution is 0.102. The van der Waals surface area contributed by atoms with Crippen molar-refractivity contribution in [1.29, 1.82) is 0 Å². The summed E-state index contributed by atoms with van der Waals surface area (Å²) in [5.74, 6) is -0.233. The molecule has 0 saturated carbocycles. The van der Waals surface area contributed by atoms with Crippen LogP contribution in [-0.2, 0) is 6.42 Å². The number of hydrogen-bond donors (Lipinski definition) is 2. The SMILES string of the molecule is CCNc1nnc(C(=O)Nc2ccc(Br)cc2CC)s1. The number of halogens is 1. The Hall–Kier alpha value is -1.47. The molecule has 0 unspecified atom stereocenters. The van der Waals surface area contributed by atoms with Gasteiger partial charge in [0.05, 0.1) is 0 Å². The minimum atomic E-state index is -0.233. The van der Waals surface area contributed by atoms with E-state index in [4.69, 9.17) is 0 Å². The van der Waals surface area contributed by atoms with Crippen LogP contribution in [0.25, 0.3) is 0 Å². The highest BCUT2D eigenvalue weighted by Crippen LogP contribution is 2.23. The zero-order chi connectivity index (χ0) is 14.5. The summed E-state index contributed by atoms with van der Waals surface area (Å²) in [6.45, 7) is 4.77. The molecule has 1 heterocycles. The maximum Gasteiger partial charge on any atom is 0.286 e. The summed E-state index contributed by atoms with van der Waals surface area (Å²) in [5, 5.41) is 14.7. The number of benzene rings is 1. The average Bonchev–Trinajstić information content (AvgIpc) is 2.90. The van der Waals surface area contributed by atoms with E-state index in [1.807, 2.05) is 32.0 Å². The second-order valence-electron chi connectivity index (χ2n) is 4.05. The summed E-state index contributed by atoms with van der Waals surface area (Å²) < 4.78 is 0.998. The monoisotopic (exact) mass is 354 g/mol. The highest BCUT2D eigenvalue weighted by Gasteiger charge is 2.14. The predicted octanol–water partition coefficient (Wildman–Crippen LogP) is 3.55. The van der Waals surface area contributed by atoms with Gasteiger partial charge < -0.3 is 10.6 Å². The Morgan fingerprint density at radius 3 is 2.85 bits per heavy atom. The van der Waals surface area contributed by atoms with Crippen molar-refractivity contribution in [3.05, 3.63) is 33.2 Å². The minimum Gasteiger partial charge on any atom is -0.360 e. The van der Waals surface area contributed by atoms with E-state index in [1.54, 1.807) is 0 Å². The van der Waals surface area contributed by atoms with Gasteiger partial charge in [-0.3, -0.25) is 4.79 Å². The van der Waals surface area contributed by atoms with Crippen LogP contribution in [0.1, 0.15) is 29.2 Å². The molecule has 0 fully saturated rings. The first kappa shape index (κ1) is 14.9. The lowest BCUT2D eigenvalue weighted by atomic mass is 10.1. The first-order valence-corrected chi connectivity index (χ1v) is 7.92. The maximum atomic E-state index is 12.1. The largest absolute Gasteiger partial charge is 0.360 e. The standard InChI is InChI=1S/C13H15BrN4OS/c1-3-8-7-9(14)5-6-10(8)16-11(19)12-17-18-13(20-12)15-4-2/h5-7H,3-4H2,1-2H3,(H,15,18)(H,16,19). The van der Waals surface area contributed by atoms with Gasteiger partial charge in [-0.15, -0.1) is 10.2 Å². The van der Waals surface area contributed by atoms with Gasteiger partial charge in [-0.2, -0.15) is 0 Å². The van der Waals surface area contributed by atoms with Crippen LogP contribution in [0.2, 0.25) is 0 Å². The summed E-state index contributed by atoms with van der Waals surface area (Å²) >= 11 is 4.67. The van der Waals surface area contributed by atoms with Gasteiger partial charge in [-0.05, 0) is 37.1 Å². The van der Waals surface area contributed by atoms with Crippen molar-refractivity contribution in [2.75, 3.05) is 17.2 Å². The second-order valence-corrected chi connectivity index (χ2v) is 5.95. The lowest BCUT2D eigenvalue weighted by Gasteiger charge is -2.08. The number of aryl methyl sites for hydroxylation is 1. The van der Waals surface area contributed by atoms with E-state index in [9.17, 15) is 4.79 Å². The molecule has 0 saturated heterocycles. The fourth-order valence-corrected chi connectivity index (χ4v) is 2.81. The van der Waals surface area contributed by atoms with Crippen LogP contribution in [0, 0.1) is 0 Å². The van der Waals surface area contributed by atoms with Gasteiger partial charge in [0.1, 0.15) is 0 Å². The smallest absolute Gasteiger partial charge is 0.286 e. The number of anilines is 2. The Morgan fingerprint density at radius 2 is 2.15 bits per heavy atom. The molecule has 1 aromatic heterocycles. The Kier molecular flexibility index (Phi) is 5.08. The lowest BCUT2D eigenvalue weighted by Crippen LogP contribution is -2.13. The molecule has 2 aromatic rings. The van der Waals surface area contributed by atoms with Crippen LogP contribution < -0.4 is 10.6 Å². The highest BCUT2D eigenvalue weighted by molar-refractivity contribution is 9.10. The van der Waals surface area contributed by atoms with Crippen molar-refractivity contribution in [3.63, 3.8) is 0 Å². The van der Waals surface area contributed by atoms with Crippen LogP contribution in [0.3, 0.4) is 0 Å². The first-order chi connectivity index (χ1) is 9.63. The second kappa shape index (κ2) is 6.81. The average molecular weight is 355 g/mol.